The Kier molecular flexibility index (Phi) is 13.1. The second kappa shape index (κ2) is 12.0. The molecule has 0 spiro atoms. The van der Waals surface area contributed by atoms with E-state index in [0.717, 1.165) is 5.75 Å². The first-order valence-electron chi connectivity index (χ1n) is 4.68. The second-order valence-electron chi connectivity index (χ2n) is 2.66. The summed E-state index contributed by atoms with van der Waals surface area (Å²) in [5.74, 6) is 6.21. The molecule has 0 unspecified atom stereocenters. The Hall–Kier alpha value is 1.05. The Morgan fingerprint density at radius 3 is 2.17 bits per heavy atom. The third kappa shape index (κ3) is 11.1. The Labute approximate surface area is 91.1 Å². The van der Waals surface area contributed by atoms with E-state index in [1.54, 1.807) is 0 Å². The first-order chi connectivity index (χ1) is 5.91. The molecule has 0 nitrogen and oxygen atoms in total. The zero-order valence-electron chi connectivity index (χ0n) is 7.92. The molecule has 12 heavy (non-hydrogen) atoms. The molecule has 0 amide bonds. The van der Waals surface area contributed by atoms with Crippen LogP contribution in [-0.4, -0.2) is 28.8 Å². The van der Waals surface area contributed by atoms with E-state index in [0.29, 0.717) is 0 Å². The second-order valence-corrected chi connectivity index (χ2v) is 5.55. The van der Waals surface area contributed by atoms with E-state index in [9.17, 15) is 0 Å². The predicted molar refractivity (Wildman–Crippen MR) is 68.0 cm³/mol. The van der Waals surface area contributed by atoms with Crippen LogP contribution in [0.4, 0.5) is 0 Å². The van der Waals surface area contributed by atoms with Crippen molar-refractivity contribution in [1.82, 2.24) is 0 Å². The molecule has 0 saturated heterocycles. The smallest absolute Gasteiger partial charge is 0.00238 e. The summed E-state index contributed by atoms with van der Waals surface area (Å²) in [5.41, 5.74) is 0. The lowest BCUT2D eigenvalue weighted by atomic mass is 10.3. The Morgan fingerprint density at radius 1 is 0.917 bits per heavy atom. The molecular formula is C9H20S3. The highest BCUT2D eigenvalue weighted by Gasteiger charge is 1.90. The molecular weight excluding hydrogens is 204 g/mol. The van der Waals surface area contributed by atoms with Gasteiger partial charge in [-0.15, -0.1) is 0 Å². The molecule has 3 heteroatoms. The van der Waals surface area contributed by atoms with Crippen LogP contribution in [-0.2, 0) is 0 Å². The molecule has 0 fully saturated rings. The van der Waals surface area contributed by atoms with Gasteiger partial charge in [0, 0.05) is 17.3 Å². The van der Waals surface area contributed by atoms with E-state index in [1.807, 2.05) is 11.8 Å². The highest BCUT2D eigenvalue weighted by atomic mass is 32.2. The van der Waals surface area contributed by atoms with Gasteiger partial charge in [0.1, 0.15) is 0 Å². The fraction of sp³-hybridized carbons (Fsp3) is 1.00. The zero-order valence-corrected chi connectivity index (χ0v) is 10.4. The molecule has 0 aliphatic rings. The standard InChI is InChI=1S/C9H20S3/c1-2-3-4-6-11-8-9-12-7-5-10/h10H,2-9H2,1H3. The molecule has 0 radical (unpaired) electrons. The lowest BCUT2D eigenvalue weighted by Gasteiger charge is -2.00. The summed E-state index contributed by atoms with van der Waals surface area (Å²) in [6.07, 6.45) is 4.14. The summed E-state index contributed by atoms with van der Waals surface area (Å²) in [4.78, 5) is 0. The zero-order chi connectivity index (χ0) is 9.07. The average molecular weight is 224 g/mol. The van der Waals surface area contributed by atoms with Crippen molar-refractivity contribution in [3.8, 4) is 0 Å². The van der Waals surface area contributed by atoms with Gasteiger partial charge < -0.3 is 0 Å². The SMILES string of the molecule is CCCCCSCCSCCS. The van der Waals surface area contributed by atoms with Gasteiger partial charge in [-0.2, -0.15) is 36.2 Å². The van der Waals surface area contributed by atoms with Gasteiger partial charge in [-0.05, 0) is 17.9 Å². The van der Waals surface area contributed by atoms with E-state index >= 15 is 0 Å². The lowest BCUT2D eigenvalue weighted by Crippen LogP contribution is -1.89. The fourth-order valence-electron chi connectivity index (χ4n) is 0.841. The van der Waals surface area contributed by atoms with Crippen molar-refractivity contribution in [2.24, 2.45) is 0 Å². The maximum Gasteiger partial charge on any atom is 0.00238 e. The Balaban J connectivity index is 2.73. The van der Waals surface area contributed by atoms with Gasteiger partial charge in [-0.25, -0.2) is 0 Å². The molecule has 0 saturated carbocycles. The molecule has 0 bridgehead atoms. The molecule has 0 heterocycles. The first kappa shape index (κ1) is 13.1. The Bertz CT molecular complexity index is 66.2. The largest absolute Gasteiger partial charge is 0.179 e. The van der Waals surface area contributed by atoms with Crippen molar-refractivity contribution >= 4 is 36.2 Å². The summed E-state index contributed by atoms with van der Waals surface area (Å²) < 4.78 is 0. The molecule has 74 valence electrons. The third-order valence-corrected chi connectivity index (χ3v) is 4.34. The number of hydrogen-bond donors (Lipinski definition) is 1. The number of thiol groups is 1. The first-order valence-corrected chi connectivity index (χ1v) is 7.62. The van der Waals surface area contributed by atoms with Crippen LogP contribution in [0.5, 0.6) is 0 Å². The average Bonchev–Trinajstić information content (AvgIpc) is 2.10. The maximum atomic E-state index is 4.16. The van der Waals surface area contributed by atoms with Crippen LogP contribution in [0.1, 0.15) is 26.2 Å². The predicted octanol–water partition coefficient (Wildman–Crippen LogP) is 3.57. The van der Waals surface area contributed by atoms with Crippen molar-refractivity contribution in [3.05, 3.63) is 0 Å². The number of thioether (sulfide) groups is 2. The molecule has 0 aromatic heterocycles. The van der Waals surface area contributed by atoms with Crippen molar-refractivity contribution in [2.45, 2.75) is 26.2 Å². The lowest BCUT2D eigenvalue weighted by molar-refractivity contribution is 0.779. The Morgan fingerprint density at radius 2 is 1.58 bits per heavy atom. The highest BCUT2D eigenvalue weighted by molar-refractivity contribution is 8.03. The van der Waals surface area contributed by atoms with Crippen LogP contribution in [0, 0.1) is 0 Å². The summed E-state index contributed by atoms with van der Waals surface area (Å²) in [5, 5.41) is 0. The van der Waals surface area contributed by atoms with Crippen LogP contribution in [0.3, 0.4) is 0 Å². The van der Waals surface area contributed by atoms with Gasteiger partial charge in [0.05, 0.1) is 0 Å². The summed E-state index contributed by atoms with van der Waals surface area (Å²) in [6.45, 7) is 2.26. The molecule has 0 atom stereocenters. The summed E-state index contributed by atoms with van der Waals surface area (Å²) >= 11 is 8.28. The molecule has 0 aromatic carbocycles. The van der Waals surface area contributed by atoms with Crippen molar-refractivity contribution < 1.29 is 0 Å². The monoisotopic (exact) mass is 224 g/mol. The van der Waals surface area contributed by atoms with Crippen LogP contribution < -0.4 is 0 Å². The van der Waals surface area contributed by atoms with Gasteiger partial charge in [0.15, 0.2) is 0 Å². The van der Waals surface area contributed by atoms with Crippen LogP contribution >= 0.6 is 36.2 Å². The topological polar surface area (TPSA) is 0 Å². The van der Waals surface area contributed by atoms with Gasteiger partial charge >= 0.3 is 0 Å². The molecule has 0 aliphatic heterocycles. The number of hydrogen-bond acceptors (Lipinski definition) is 3. The molecule has 0 aliphatic carbocycles. The van der Waals surface area contributed by atoms with Gasteiger partial charge in [-0.1, -0.05) is 19.8 Å². The van der Waals surface area contributed by atoms with Crippen LogP contribution in [0.2, 0.25) is 0 Å². The minimum Gasteiger partial charge on any atom is -0.179 e. The molecule has 0 aromatic rings. The van der Waals surface area contributed by atoms with Gasteiger partial charge in [0.2, 0.25) is 0 Å². The highest BCUT2D eigenvalue weighted by Crippen LogP contribution is 2.09. The third-order valence-electron chi connectivity index (χ3n) is 1.50. The van der Waals surface area contributed by atoms with Crippen molar-refractivity contribution in [2.75, 3.05) is 28.8 Å². The van der Waals surface area contributed by atoms with E-state index in [-0.39, 0.29) is 0 Å². The quantitative estimate of drug-likeness (QED) is 0.470. The van der Waals surface area contributed by atoms with Gasteiger partial charge in [0.25, 0.3) is 0 Å². The van der Waals surface area contributed by atoms with Crippen molar-refractivity contribution in [1.29, 1.82) is 0 Å². The summed E-state index contributed by atoms with van der Waals surface area (Å²) in [6, 6.07) is 0. The van der Waals surface area contributed by atoms with E-state index in [4.69, 9.17) is 0 Å². The van der Waals surface area contributed by atoms with Crippen LogP contribution in [0.15, 0.2) is 0 Å². The summed E-state index contributed by atoms with van der Waals surface area (Å²) in [7, 11) is 0. The van der Waals surface area contributed by atoms with E-state index in [2.05, 4.69) is 31.3 Å². The number of unbranched alkanes of at least 4 members (excludes halogenated alkanes) is 2. The minimum absolute atomic E-state index is 1.02. The molecule has 0 rings (SSSR count). The minimum atomic E-state index is 1.02. The van der Waals surface area contributed by atoms with Gasteiger partial charge in [-0.3, -0.25) is 0 Å². The fourth-order valence-corrected chi connectivity index (χ4v) is 3.12. The van der Waals surface area contributed by atoms with E-state index in [1.165, 1.54) is 42.3 Å². The van der Waals surface area contributed by atoms with Crippen molar-refractivity contribution in [3.63, 3.8) is 0 Å². The van der Waals surface area contributed by atoms with Crippen LogP contribution in [0.25, 0.3) is 0 Å². The molecule has 0 N–H and O–H groups in total. The number of rotatable bonds is 9. The normalized spacial score (nSPS) is 10.5. The van der Waals surface area contributed by atoms with E-state index < -0.39 is 0 Å². The maximum absolute atomic E-state index is 4.16.